The van der Waals surface area contributed by atoms with Gasteiger partial charge in [0.25, 0.3) is 0 Å². The lowest BCUT2D eigenvalue weighted by Crippen LogP contribution is -2.17. The molecular formula is C13H17NO4. The van der Waals surface area contributed by atoms with Crippen molar-refractivity contribution in [1.82, 2.24) is 0 Å². The van der Waals surface area contributed by atoms with E-state index < -0.39 is 5.91 Å². The molecule has 0 heterocycles. The van der Waals surface area contributed by atoms with Gasteiger partial charge in [-0.25, -0.2) is 0 Å². The fraction of sp³-hybridized carbons (Fsp3) is 0.385. The number of Topliss-reactive ketones (excluding diaryl/α,β-unsaturated/α-hetero) is 1. The Labute approximate surface area is 106 Å². The standard InChI is InChI=1S/C13H17NO4/c1-8(2)10(15)7-18-11-5-4-9(13(14)16)6-12(11)17-3/h4-6,8H,7H2,1-3H3,(H2,14,16). The highest BCUT2D eigenvalue weighted by atomic mass is 16.5. The number of hydrogen-bond donors (Lipinski definition) is 1. The molecule has 0 atom stereocenters. The molecule has 0 radical (unpaired) electrons. The predicted molar refractivity (Wildman–Crippen MR) is 66.9 cm³/mol. The Morgan fingerprint density at radius 1 is 1.28 bits per heavy atom. The van der Waals surface area contributed by atoms with Gasteiger partial charge in [0, 0.05) is 11.5 Å². The lowest BCUT2D eigenvalue weighted by Gasteiger charge is -2.11. The number of benzene rings is 1. The highest BCUT2D eigenvalue weighted by molar-refractivity contribution is 5.93. The van der Waals surface area contributed by atoms with E-state index in [1.165, 1.54) is 19.2 Å². The number of primary amides is 1. The Hall–Kier alpha value is -2.04. The van der Waals surface area contributed by atoms with Crippen LogP contribution in [0.15, 0.2) is 18.2 Å². The van der Waals surface area contributed by atoms with Gasteiger partial charge in [0.2, 0.25) is 5.91 Å². The van der Waals surface area contributed by atoms with E-state index in [0.717, 1.165) is 0 Å². The van der Waals surface area contributed by atoms with E-state index in [9.17, 15) is 9.59 Å². The molecule has 1 aromatic rings. The van der Waals surface area contributed by atoms with E-state index in [-0.39, 0.29) is 18.3 Å². The number of rotatable bonds is 6. The second-order valence-corrected chi connectivity index (χ2v) is 4.14. The van der Waals surface area contributed by atoms with Gasteiger partial charge in [-0.15, -0.1) is 0 Å². The van der Waals surface area contributed by atoms with Crippen molar-refractivity contribution >= 4 is 11.7 Å². The zero-order valence-electron chi connectivity index (χ0n) is 10.7. The van der Waals surface area contributed by atoms with Gasteiger partial charge in [0.1, 0.15) is 6.61 Å². The summed E-state index contributed by atoms with van der Waals surface area (Å²) in [7, 11) is 1.46. The third-order valence-electron chi connectivity index (χ3n) is 2.46. The van der Waals surface area contributed by atoms with Gasteiger partial charge in [-0.1, -0.05) is 13.8 Å². The molecule has 1 rings (SSSR count). The number of ketones is 1. The van der Waals surface area contributed by atoms with Crippen LogP contribution in [0.1, 0.15) is 24.2 Å². The largest absolute Gasteiger partial charge is 0.493 e. The van der Waals surface area contributed by atoms with Gasteiger partial charge in [-0.05, 0) is 18.2 Å². The molecule has 0 aromatic heterocycles. The lowest BCUT2D eigenvalue weighted by molar-refractivity contribution is -0.123. The average Bonchev–Trinajstić information content (AvgIpc) is 2.35. The summed E-state index contributed by atoms with van der Waals surface area (Å²) in [5.74, 6) is 0.161. The molecule has 1 amide bonds. The molecule has 18 heavy (non-hydrogen) atoms. The molecule has 0 saturated heterocycles. The molecule has 0 aliphatic heterocycles. The summed E-state index contributed by atoms with van der Waals surface area (Å²) in [4.78, 5) is 22.5. The van der Waals surface area contributed by atoms with Crippen LogP contribution in [0.2, 0.25) is 0 Å². The van der Waals surface area contributed by atoms with E-state index in [1.807, 2.05) is 0 Å². The van der Waals surface area contributed by atoms with Crippen molar-refractivity contribution in [3.05, 3.63) is 23.8 Å². The number of methoxy groups -OCH3 is 1. The third kappa shape index (κ3) is 3.48. The quantitative estimate of drug-likeness (QED) is 0.828. The zero-order chi connectivity index (χ0) is 13.7. The summed E-state index contributed by atoms with van der Waals surface area (Å²) in [5.41, 5.74) is 5.49. The van der Waals surface area contributed by atoms with Crippen molar-refractivity contribution in [3.63, 3.8) is 0 Å². The van der Waals surface area contributed by atoms with Gasteiger partial charge < -0.3 is 15.2 Å². The van der Waals surface area contributed by atoms with Crippen molar-refractivity contribution in [3.8, 4) is 11.5 Å². The molecule has 0 aliphatic rings. The van der Waals surface area contributed by atoms with Crippen LogP contribution in [0.25, 0.3) is 0 Å². The van der Waals surface area contributed by atoms with Gasteiger partial charge in [0.05, 0.1) is 7.11 Å². The minimum atomic E-state index is -0.543. The number of nitrogens with two attached hydrogens (primary N) is 1. The topological polar surface area (TPSA) is 78.6 Å². The minimum Gasteiger partial charge on any atom is -0.493 e. The van der Waals surface area contributed by atoms with Crippen LogP contribution in [0.3, 0.4) is 0 Å². The smallest absolute Gasteiger partial charge is 0.248 e. The minimum absolute atomic E-state index is 0.00368. The Balaban J connectivity index is 2.83. The summed E-state index contributed by atoms with van der Waals surface area (Å²) in [6.07, 6.45) is 0. The number of hydrogen-bond acceptors (Lipinski definition) is 4. The van der Waals surface area contributed by atoms with E-state index >= 15 is 0 Å². The first kappa shape index (κ1) is 14.0. The zero-order valence-corrected chi connectivity index (χ0v) is 10.7. The first-order chi connectivity index (χ1) is 8.45. The van der Waals surface area contributed by atoms with Crippen LogP contribution >= 0.6 is 0 Å². The number of carbonyl (C=O) groups is 2. The van der Waals surface area contributed by atoms with Crippen molar-refractivity contribution in [2.45, 2.75) is 13.8 Å². The van der Waals surface area contributed by atoms with Crippen LogP contribution in [0.5, 0.6) is 11.5 Å². The SMILES string of the molecule is COc1cc(C(N)=O)ccc1OCC(=O)C(C)C. The van der Waals surface area contributed by atoms with Crippen molar-refractivity contribution < 1.29 is 19.1 Å². The molecule has 0 spiro atoms. The normalized spacial score (nSPS) is 10.2. The maximum absolute atomic E-state index is 11.5. The summed E-state index contributed by atoms with van der Waals surface area (Å²) >= 11 is 0. The van der Waals surface area contributed by atoms with Gasteiger partial charge in [-0.2, -0.15) is 0 Å². The second kappa shape index (κ2) is 6.05. The molecule has 0 saturated carbocycles. The molecular weight excluding hydrogens is 234 g/mol. The molecule has 0 aliphatic carbocycles. The molecule has 0 fully saturated rings. The Bertz CT molecular complexity index is 454. The first-order valence-electron chi connectivity index (χ1n) is 5.59. The Morgan fingerprint density at radius 2 is 1.94 bits per heavy atom. The first-order valence-corrected chi connectivity index (χ1v) is 5.59. The Kier molecular flexibility index (Phi) is 4.71. The fourth-order valence-corrected chi connectivity index (χ4v) is 1.26. The van der Waals surface area contributed by atoms with Crippen molar-refractivity contribution in [1.29, 1.82) is 0 Å². The second-order valence-electron chi connectivity index (χ2n) is 4.14. The lowest BCUT2D eigenvalue weighted by atomic mass is 10.1. The fourth-order valence-electron chi connectivity index (χ4n) is 1.26. The van der Waals surface area contributed by atoms with E-state index in [4.69, 9.17) is 15.2 Å². The number of ether oxygens (including phenoxy) is 2. The summed E-state index contributed by atoms with van der Waals surface area (Å²) < 4.78 is 10.4. The van der Waals surface area contributed by atoms with E-state index in [0.29, 0.717) is 17.1 Å². The number of carbonyl (C=O) groups excluding carboxylic acids is 2. The van der Waals surface area contributed by atoms with E-state index in [1.54, 1.807) is 19.9 Å². The predicted octanol–water partition coefficient (Wildman–Crippen LogP) is 1.40. The van der Waals surface area contributed by atoms with Crippen molar-refractivity contribution in [2.24, 2.45) is 11.7 Å². The van der Waals surface area contributed by atoms with Crippen LogP contribution in [-0.2, 0) is 4.79 Å². The summed E-state index contributed by atoms with van der Waals surface area (Å²) in [5, 5.41) is 0. The van der Waals surface area contributed by atoms with Crippen LogP contribution in [-0.4, -0.2) is 25.4 Å². The molecule has 5 nitrogen and oxygen atoms in total. The average molecular weight is 251 g/mol. The summed E-state index contributed by atoms with van der Waals surface area (Å²) in [6, 6.07) is 4.57. The van der Waals surface area contributed by atoms with Gasteiger partial charge >= 0.3 is 0 Å². The molecule has 1 aromatic carbocycles. The molecule has 5 heteroatoms. The molecule has 0 bridgehead atoms. The highest BCUT2D eigenvalue weighted by Crippen LogP contribution is 2.28. The Morgan fingerprint density at radius 3 is 2.44 bits per heavy atom. The molecule has 98 valence electrons. The van der Waals surface area contributed by atoms with Crippen LogP contribution < -0.4 is 15.2 Å². The molecule has 0 unspecified atom stereocenters. The maximum Gasteiger partial charge on any atom is 0.248 e. The molecule has 2 N–H and O–H groups in total. The maximum atomic E-state index is 11.5. The number of amides is 1. The van der Waals surface area contributed by atoms with Gasteiger partial charge in [0.15, 0.2) is 17.3 Å². The highest BCUT2D eigenvalue weighted by Gasteiger charge is 2.12. The third-order valence-corrected chi connectivity index (χ3v) is 2.46. The van der Waals surface area contributed by atoms with Crippen LogP contribution in [0.4, 0.5) is 0 Å². The van der Waals surface area contributed by atoms with E-state index in [2.05, 4.69) is 0 Å². The van der Waals surface area contributed by atoms with Crippen LogP contribution in [0, 0.1) is 5.92 Å². The summed E-state index contributed by atoms with van der Waals surface area (Å²) in [6.45, 7) is 3.59. The van der Waals surface area contributed by atoms with Crippen molar-refractivity contribution in [2.75, 3.05) is 13.7 Å². The monoisotopic (exact) mass is 251 g/mol. The van der Waals surface area contributed by atoms with Gasteiger partial charge in [-0.3, -0.25) is 9.59 Å².